The molecule has 27 heavy (non-hydrogen) atoms. The summed E-state index contributed by atoms with van der Waals surface area (Å²) < 4.78 is 10.3. The average molecular weight is 397 g/mol. The highest BCUT2D eigenvalue weighted by molar-refractivity contribution is 6.31. The van der Waals surface area contributed by atoms with Gasteiger partial charge in [0.25, 0.3) is 0 Å². The molecule has 0 unspecified atom stereocenters. The van der Waals surface area contributed by atoms with Gasteiger partial charge in [-0.1, -0.05) is 81.7 Å². The predicted molar refractivity (Wildman–Crippen MR) is 109 cm³/mol. The second-order valence-corrected chi connectivity index (χ2v) is 7.16. The SMILES string of the molecule is CCCCCCCCCCOC(=O)CCC(=O)OCCc1ccccc1Cl. The van der Waals surface area contributed by atoms with E-state index in [1.54, 1.807) is 6.07 Å². The van der Waals surface area contributed by atoms with E-state index in [2.05, 4.69) is 6.92 Å². The van der Waals surface area contributed by atoms with Crippen LogP contribution in [0.4, 0.5) is 0 Å². The summed E-state index contributed by atoms with van der Waals surface area (Å²) in [6, 6.07) is 7.46. The monoisotopic (exact) mass is 396 g/mol. The minimum Gasteiger partial charge on any atom is -0.466 e. The summed E-state index contributed by atoms with van der Waals surface area (Å²) in [5, 5.41) is 0.665. The zero-order valence-corrected chi connectivity index (χ0v) is 17.3. The first-order chi connectivity index (χ1) is 13.1. The van der Waals surface area contributed by atoms with Crippen molar-refractivity contribution in [3.05, 3.63) is 34.9 Å². The van der Waals surface area contributed by atoms with E-state index >= 15 is 0 Å². The lowest BCUT2D eigenvalue weighted by Crippen LogP contribution is -2.12. The number of rotatable bonds is 15. The molecule has 0 aliphatic rings. The van der Waals surface area contributed by atoms with Gasteiger partial charge in [0.15, 0.2) is 0 Å². The van der Waals surface area contributed by atoms with Crippen molar-refractivity contribution in [3.63, 3.8) is 0 Å². The molecule has 1 rings (SSSR count). The Hall–Kier alpha value is -1.55. The molecule has 0 aliphatic heterocycles. The summed E-state index contributed by atoms with van der Waals surface area (Å²) in [7, 11) is 0. The summed E-state index contributed by atoms with van der Waals surface area (Å²) in [6.07, 6.45) is 10.3. The smallest absolute Gasteiger partial charge is 0.306 e. The summed E-state index contributed by atoms with van der Waals surface area (Å²) in [5.74, 6) is -0.716. The molecule has 0 heterocycles. The highest BCUT2D eigenvalue weighted by Crippen LogP contribution is 2.15. The number of carbonyl (C=O) groups excluding carboxylic acids is 2. The molecule has 152 valence electrons. The third-order valence-electron chi connectivity index (χ3n) is 4.39. The number of esters is 2. The largest absolute Gasteiger partial charge is 0.466 e. The second kappa shape index (κ2) is 15.5. The van der Waals surface area contributed by atoms with Gasteiger partial charge < -0.3 is 9.47 Å². The predicted octanol–water partition coefficient (Wildman–Crippen LogP) is 5.89. The first-order valence-electron chi connectivity index (χ1n) is 10.2. The summed E-state index contributed by atoms with van der Waals surface area (Å²) in [6.45, 7) is 2.92. The molecule has 0 radical (unpaired) electrons. The van der Waals surface area contributed by atoms with E-state index in [4.69, 9.17) is 21.1 Å². The Balaban J connectivity index is 1.96. The number of ether oxygens (including phenoxy) is 2. The van der Waals surface area contributed by atoms with Crippen molar-refractivity contribution in [2.75, 3.05) is 13.2 Å². The molecule has 0 spiro atoms. The van der Waals surface area contributed by atoms with E-state index in [-0.39, 0.29) is 31.4 Å². The Morgan fingerprint density at radius 2 is 1.37 bits per heavy atom. The van der Waals surface area contributed by atoms with Crippen molar-refractivity contribution in [2.45, 2.75) is 77.6 Å². The van der Waals surface area contributed by atoms with E-state index in [1.165, 1.54) is 38.5 Å². The van der Waals surface area contributed by atoms with Crippen molar-refractivity contribution in [2.24, 2.45) is 0 Å². The number of carbonyl (C=O) groups is 2. The minimum atomic E-state index is -0.383. The Labute approximate surface area is 168 Å². The summed E-state index contributed by atoms with van der Waals surface area (Å²) >= 11 is 6.05. The van der Waals surface area contributed by atoms with Crippen LogP contribution in [0, 0.1) is 0 Å². The first-order valence-corrected chi connectivity index (χ1v) is 10.6. The molecule has 4 nitrogen and oxygen atoms in total. The molecule has 0 fully saturated rings. The number of benzene rings is 1. The lowest BCUT2D eigenvalue weighted by molar-refractivity contribution is -0.150. The molecule has 0 atom stereocenters. The van der Waals surface area contributed by atoms with Crippen molar-refractivity contribution in [3.8, 4) is 0 Å². The molecule has 0 amide bonds. The average Bonchev–Trinajstić information content (AvgIpc) is 2.66. The van der Waals surface area contributed by atoms with Crippen LogP contribution in [0.1, 0.15) is 76.7 Å². The third-order valence-corrected chi connectivity index (χ3v) is 4.76. The van der Waals surface area contributed by atoms with Crippen LogP contribution < -0.4 is 0 Å². The van der Waals surface area contributed by atoms with Crippen molar-refractivity contribution in [1.29, 1.82) is 0 Å². The van der Waals surface area contributed by atoms with E-state index in [9.17, 15) is 9.59 Å². The Bertz CT molecular complexity index is 545. The highest BCUT2D eigenvalue weighted by Gasteiger charge is 2.09. The van der Waals surface area contributed by atoms with Gasteiger partial charge in [-0.05, 0) is 18.1 Å². The second-order valence-electron chi connectivity index (χ2n) is 6.76. The fourth-order valence-electron chi connectivity index (χ4n) is 2.75. The van der Waals surface area contributed by atoms with Gasteiger partial charge in [-0.2, -0.15) is 0 Å². The molecule has 0 N–H and O–H groups in total. The molecule has 0 saturated carbocycles. The van der Waals surface area contributed by atoms with Gasteiger partial charge in [0.2, 0.25) is 0 Å². The molecule has 5 heteroatoms. The Kier molecular flexibility index (Phi) is 13.5. The van der Waals surface area contributed by atoms with Crippen LogP contribution in [0.3, 0.4) is 0 Å². The third kappa shape index (κ3) is 12.5. The lowest BCUT2D eigenvalue weighted by Gasteiger charge is -2.07. The Morgan fingerprint density at radius 3 is 2.00 bits per heavy atom. The van der Waals surface area contributed by atoms with Gasteiger partial charge in [-0.15, -0.1) is 0 Å². The van der Waals surface area contributed by atoms with Gasteiger partial charge >= 0.3 is 11.9 Å². The van der Waals surface area contributed by atoms with Crippen molar-refractivity contribution in [1.82, 2.24) is 0 Å². The molecular formula is C22H33ClO4. The Morgan fingerprint density at radius 1 is 0.815 bits per heavy atom. The summed E-state index contributed by atoms with van der Waals surface area (Å²) in [4.78, 5) is 23.3. The summed E-state index contributed by atoms with van der Waals surface area (Å²) in [5.41, 5.74) is 0.941. The molecular weight excluding hydrogens is 364 g/mol. The van der Waals surface area contributed by atoms with Gasteiger partial charge in [0, 0.05) is 11.4 Å². The molecule has 1 aromatic carbocycles. The fraction of sp³-hybridized carbons (Fsp3) is 0.636. The van der Waals surface area contributed by atoms with Crippen molar-refractivity contribution < 1.29 is 19.1 Å². The van der Waals surface area contributed by atoms with Crippen LogP contribution in [-0.4, -0.2) is 25.2 Å². The van der Waals surface area contributed by atoms with Crippen LogP contribution in [0.15, 0.2) is 24.3 Å². The fourth-order valence-corrected chi connectivity index (χ4v) is 2.98. The van der Waals surface area contributed by atoms with E-state index < -0.39 is 0 Å². The van der Waals surface area contributed by atoms with Gasteiger partial charge in [-0.3, -0.25) is 9.59 Å². The van der Waals surface area contributed by atoms with Gasteiger partial charge in [0.1, 0.15) is 0 Å². The van der Waals surface area contributed by atoms with Crippen LogP contribution in [0.5, 0.6) is 0 Å². The zero-order chi connectivity index (χ0) is 19.7. The van der Waals surface area contributed by atoms with E-state index in [0.29, 0.717) is 18.1 Å². The zero-order valence-electron chi connectivity index (χ0n) is 16.5. The van der Waals surface area contributed by atoms with Crippen molar-refractivity contribution >= 4 is 23.5 Å². The highest BCUT2D eigenvalue weighted by atomic mass is 35.5. The van der Waals surface area contributed by atoms with E-state index in [1.807, 2.05) is 18.2 Å². The van der Waals surface area contributed by atoms with Crippen LogP contribution >= 0.6 is 11.6 Å². The number of hydrogen-bond acceptors (Lipinski definition) is 4. The lowest BCUT2D eigenvalue weighted by atomic mass is 10.1. The van der Waals surface area contributed by atoms with Gasteiger partial charge in [0.05, 0.1) is 26.1 Å². The molecule has 0 aromatic heterocycles. The molecule has 1 aromatic rings. The minimum absolute atomic E-state index is 0.0543. The van der Waals surface area contributed by atoms with Gasteiger partial charge in [-0.25, -0.2) is 0 Å². The van der Waals surface area contributed by atoms with E-state index in [0.717, 1.165) is 18.4 Å². The van der Waals surface area contributed by atoms with Crippen LogP contribution in [0.2, 0.25) is 5.02 Å². The topological polar surface area (TPSA) is 52.6 Å². The molecule has 0 bridgehead atoms. The molecule has 0 saturated heterocycles. The maximum absolute atomic E-state index is 11.7. The number of hydrogen-bond donors (Lipinski definition) is 0. The first kappa shape index (κ1) is 23.5. The quantitative estimate of drug-likeness (QED) is 0.274. The van der Waals surface area contributed by atoms with Crippen LogP contribution in [0.25, 0.3) is 0 Å². The number of halogens is 1. The van der Waals surface area contributed by atoms with Crippen LogP contribution in [-0.2, 0) is 25.5 Å². The maximum atomic E-state index is 11.7. The molecule has 0 aliphatic carbocycles. The normalized spacial score (nSPS) is 10.6. The maximum Gasteiger partial charge on any atom is 0.306 e. The standard InChI is InChI=1S/C22H33ClO4/c1-2-3-4-5-6-7-8-11-17-26-21(24)14-15-22(25)27-18-16-19-12-9-10-13-20(19)23/h9-10,12-13H,2-8,11,14-18H2,1H3. The number of unbranched alkanes of at least 4 members (excludes halogenated alkanes) is 7.